The molecular weight excluding hydrogens is 250 g/mol. The van der Waals surface area contributed by atoms with Crippen molar-refractivity contribution in [2.45, 2.75) is 13.2 Å². The van der Waals surface area contributed by atoms with Crippen molar-refractivity contribution in [2.24, 2.45) is 5.73 Å². The maximum absolute atomic E-state index is 9.36. The van der Waals surface area contributed by atoms with E-state index in [4.69, 9.17) is 22.1 Å². The van der Waals surface area contributed by atoms with E-state index in [-0.39, 0.29) is 5.75 Å². The summed E-state index contributed by atoms with van der Waals surface area (Å²) in [6.45, 7) is 0.691. The zero-order valence-corrected chi connectivity index (χ0v) is 10.5. The molecule has 94 valence electrons. The number of nitrogens with two attached hydrogens (primary N) is 1. The second kappa shape index (κ2) is 5.76. The van der Waals surface area contributed by atoms with Gasteiger partial charge in [0.15, 0.2) is 0 Å². The second-order valence-corrected chi connectivity index (χ2v) is 4.29. The van der Waals surface area contributed by atoms with Crippen LogP contribution in [0, 0.1) is 0 Å². The van der Waals surface area contributed by atoms with Gasteiger partial charge in [0.05, 0.1) is 0 Å². The van der Waals surface area contributed by atoms with Gasteiger partial charge in [0.25, 0.3) is 0 Å². The molecule has 2 rings (SSSR count). The Morgan fingerprint density at radius 3 is 2.67 bits per heavy atom. The minimum atomic E-state index is 0.223. The predicted octanol–water partition coefficient (Wildman–Crippen LogP) is 3.08. The van der Waals surface area contributed by atoms with Gasteiger partial charge < -0.3 is 15.6 Å². The van der Waals surface area contributed by atoms with Crippen LogP contribution in [-0.4, -0.2) is 5.11 Å². The summed E-state index contributed by atoms with van der Waals surface area (Å²) in [5.74, 6) is 0.898. The molecule has 0 amide bonds. The van der Waals surface area contributed by atoms with Gasteiger partial charge in [0.2, 0.25) is 0 Å². The van der Waals surface area contributed by atoms with E-state index in [2.05, 4.69) is 0 Å². The molecule has 0 heterocycles. The van der Waals surface area contributed by atoms with Crippen molar-refractivity contribution in [2.75, 3.05) is 0 Å². The number of hydrogen-bond donors (Lipinski definition) is 2. The fraction of sp³-hybridized carbons (Fsp3) is 0.143. The lowest BCUT2D eigenvalue weighted by Gasteiger charge is -2.11. The van der Waals surface area contributed by atoms with Crippen LogP contribution in [0.15, 0.2) is 42.5 Å². The van der Waals surface area contributed by atoms with Crippen molar-refractivity contribution in [1.29, 1.82) is 0 Å². The monoisotopic (exact) mass is 263 g/mol. The maximum Gasteiger partial charge on any atom is 0.125 e. The van der Waals surface area contributed by atoms with Crippen LogP contribution in [0.3, 0.4) is 0 Å². The van der Waals surface area contributed by atoms with Crippen LogP contribution in [0.2, 0.25) is 5.02 Å². The van der Waals surface area contributed by atoms with Gasteiger partial charge in [0.1, 0.15) is 18.1 Å². The summed E-state index contributed by atoms with van der Waals surface area (Å²) >= 11 is 6.04. The van der Waals surface area contributed by atoms with E-state index < -0.39 is 0 Å². The van der Waals surface area contributed by atoms with Crippen LogP contribution in [0.25, 0.3) is 0 Å². The fourth-order valence-electron chi connectivity index (χ4n) is 1.68. The summed E-state index contributed by atoms with van der Waals surface area (Å²) in [7, 11) is 0. The summed E-state index contributed by atoms with van der Waals surface area (Å²) in [6, 6.07) is 12.4. The highest BCUT2D eigenvalue weighted by Gasteiger charge is 2.06. The molecule has 0 fully saturated rings. The molecule has 18 heavy (non-hydrogen) atoms. The van der Waals surface area contributed by atoms with Crippen molar-refractivity contribution >= 4 is 11.6 Å². The molecular formula is C14H14ClNO2. The molecule has 0 saturated heterocycles. The molecule has 0 aliphatic rings. The molecule has 0 saturated carbocycles. The van der Waals surface area contributed by atoms with Crippen molar-refractivity contribution in [3.05, 3.63) is 58.6 Å². The number of halogens is 1. The molecule has 2 aromatic rings. The number of phenolic OH excluding ortho intramolecular Hbond substituents is 1. The van der Waals surface area contributed by atoms with E-state index in [1.165, 1.54) is 0 Å². The van der Waals surface area contributed by atoms with E-state index in [0.717, 1.165) is 11.1 Å². The van der Waals surface area contributed by atoms with Gasteiger partial charge in [-0.05, 0) is 29.8 Å². The third-order valence-electron chi connectivity index (χ3n) is 2.58. The number of benzene rings is 2. The molecule has 0 unspecified atom stereocenters. The second-order valence-electron chi connectivity index (χ2n) is 3.88. The fourth-order valence-corrected chi connectivity index (χ4v) is 1.92. The number of ether oxygens (including phenoxy) is 1. The Balaban J connectivity index is 2.13. The van der Waals surface area contributed by atoms with Gasteiger partial charge in [-0.3, -0.25) is 0 Å². The van der Waals surface area contributed by atoms with Gasteiger partial charge in [-0.2, -0.15) is 0 Å². The largest absolute Gasteiger partial charge is 0.508 e. The molecule has 3 nitrogen and oxygen atoms in total. The third-order valence-corrected chi connectivity index (χ3v) is 2.94. The average molecular weight is 264 g/mol. The summed E-state index contributed by atoms with van der Waals surface area (Å²) in [5, 5.41) is 9.96. The first-order valence-electron chi connectivity index (χ1n) is 5.59. The molecule has 0 aliphatic heterocycles. The van der Waals surface area contributed by atoms with Crippen LogP contribution >= 0.6 is 11.6 Å². The minimum Gasteiger partial charge on any atom is -0.508 e. The standard InChI is InChI=1S/C14H14ClNO2/c15-13-5-2-6-14(12(13)8-16)18-9-10-3-1-4-11(17)7-10/h1-7,17H,8-9,16H2. The number of phenols is 1. The Kier molecular flexibility index (Phi) is 4.07. The van der Waals surface area contributed by atoms with Crippen LogP contribution in [0.5, 0.6) is 11.5 Å². The number of hydrogen-bond acceptors (Lipinski definition) is 3. The molecule has 0 radical (unpaired) electrons. The van der Waals surface area contributed by atoms with Gasteiger partial charge in [-0.25, -0.2) is 0 Å². The molecule has 0 atom stereocenters. The van der Waals surface area contributed by atoms with E-state index in [1.54, 1.807) is 24.3 Å². The lowest BCUT2D eigenvalue weighted by Crippen LogP contribution is -2.03. The van der Waals surface area contributed by atoms with E-state index in [1.807, 2.05) is 18.2 Å². The van der Waals surface area contributed by atoms with Crippen molar-refractivity contribution in [3.63, 3.8) is 0 Å². The predicted molar refractivity (Wildman–Crippen MR) is 71.8 cm³/mol. The molecule has 0 aromatic heterocycles. The SMILES string of the molecule is NCc1c(Cl)cccc1OCc1cccc(O)c1. The Hall–Kier alpha value is -1.71. The lowest BCUT2D eigenvalue weighted by atomic mass is 10.2. The molecule has 4 heteroatoms. The highest BCUT2D eigenvalue weighted by molar-refractivity contribution is 6.31. The van der Waals surface area contributed by atoms with Gasteiger partial charge in [0, 0.05) is 17.1 Å². The minimum absolute atomic E-state index is 0.223. The quantitative estimate of drug-likeness (QED) is 0.891. The molecule has 2 aromatic carbocycles. The first kappa shape index (κ1) is 12.7. The normalized spacial score (nSPS) is 10.3. The Morgan fingerprint density at radius 2 is 1.94 bits per heavy atom. The lowest BCUT2D eigenvalue weighted by molar-refractivity contribution is 0.302. The van der Waals surface area contributed by atoms with E-state index >= 15 is 0 Å². The summed E-state index contributed by atoms with van der Waals surface area (Å²) in [4.78, 5) is 0. The number of rotatable bonds is 4. The van der Waals surface area contributed by atoms with E-state index in [9.17, 15) is 5.11 Å². The van der Waals surface area contributed by atoms with Crippen LogP contribution in [0.4, 0.5) is 0 Å². The van der Waals surface area contributed by atoms with Gasteiger partial charge >= 0.3 is 0 Å². The highest BCUT2D eigenvalue weighted by atomic mass is 35.5. The maximum atomic E-state index is 9.36. The molecule has 0 aliphatic carbocycles. The third kappa shape index (κ3) is 2.94. The molecule has 0 bridgehead atoms. The van der Waals surface area contributed by atoms with Gasteiger partial charge in [-0.15, -0.1) is 0 Å². The zero-order chi connectivity index (χ0) is 13.0. The van der Waals surface area contributed by atoms with Crippen molar-refractivity contribution in [3.8, 4) is 11.5 Å². The summed E-state index contributed by atoms with van der Waals surface area (Å²) in [5.41, 5.74) is 7.32. The Bertz CT molecular complexity index is 543. The van der Waals surface area contributed by atoms with Crippen LogP contribution in [0.1, 0.15) is 11.1 Å². The summed E-state index contributed by atoms with van der Waals surface area (Å²) in [6.07, 6.45) is 0. The van der Waals surface area contributed by atoms with Crippen LogP contribution in [-0.2, 0) is 13.2 Å². The summed E-state index contributed by atoms with van der Waals surface area (Å²) < 4.78 is 5.67. The molecule has 0 spiro atoms. The average Bonchev–Trinajstić information content (AvgIpc) is 2.36. The first-order chi connectivity index (χ1) is 8.70. The Labute approximate surface area is 111 Å². The zero-order valence-electron chi connectivity index (χ0n) is 9.77. The Morgan fingerprint density at radius 1 is 1.17 bits per heavy atom. The smallest absolute Gasteiger partial charge is 0.125 e. The highest BCUT2D eigenvalue weighted by Crippen LogP contribution is 2.26. The van der Waals surface area contributed by atoms with Crippen molar-refractivity contribution < 1.29 is 9.84 Å². The van der Waals surface area contributed by atoms with Gasteiger partial charge in [-0.1, -0.05) is 29.8 Å². The topological polar surface area (TPSA) is 55.5 Å². The number of aromatic hydroxyl groups is 1. The van der Waals surface area contributed by atoms with Crippen molar-refractivity contribution in [1.82, 2.24) is 0 Å². The first-order valence-corrected chi connectivity index (χ1v) is 5.96. The molecule has 3 N–H and O–H groups in total. The van der Waals surface area contributed by atoms with E-state index in [0.29, 0.717) is 23.9 Å². The van der Waals surface area contributed by atoms with Crippen LogP contribution < -0.4 is 10.5 Å².